The highest BCUT2D eigenvalue weighted by molar-refractivity contribution is 6.30. The van der Waals surface area contributed by atoms with Crippen LogP contribution in [0.4, 0.5) is 0 Å². The van der Waals surface area contributed by atoms with Gasteiger partial charge in [-0.25, -0.2) is 5.90 Å². The predicted molar refractivity (Wildman–Crippen MR) is 63.7 cm³/mol. The normalized spacial score (nSPS) is 17.0. The van der Waals surface area contributed by atoms with E-state index >= 15 is 0 Å². The third kappa shape index (κ3) is 2.32. The highest BCUT2D eigenvalue weighted by Gasteiger charge is 2.31. The van der Waals surface area contributed by atoms with Crippen molar-refractivity contribution >= 4 is 11.6 Å². The molecule has 1 aliphatic heterocycles. The molecule has 1 heterocycles. The number of benzene rings is 1. The Labute approximate surface area is 100 Å². The van der Waals surface area contributed by atoms with Gasteiger partial charge < -0.3 is 9.57 Å². The molecule has 1 aliphatic rings. The molecule has 2 rings (SSSR count). The van der Waals surface area contributed by atoms with Crippen LogP contribution in [0.1, 0.15) is 25.0 Å². The van der Waals surface area contributed by atoms with Crippen LogP contribution < -0.4 is 10.6 Å². The zero-order valence-electron chi connectivity index (χ0n) is 9.55. The van der Waals surface area contributed by atoms with Crippen molar-refractivity contribution in [1.82, 2.24) is 0 Å². The maximum Gasteiger partial charge on any atom is 0.126 e. The summed E-state index contributed by atoms with van der Waals surface area (Å²) in [5.41, 5.74) is 2.09. The van der Waals surface area contributed by atoms with E-state index in [2.05, 4.69) is 18.7 Å². The molecule has 0 radical (unpaired) electrons. The van der Waals surface area contributed by atoms with E-state index in [0.29, 0.717) is 6.61 Å². The van der Waals surface area contributed by atoms with Crippen LogP contribution in [0.5, 0.6) is 5.75 Å². The van der Waals surface area contributed by atoms with Gasteiger partial charge in [0.15, 0.2) is 0 Å². The smallest absolute Gasteiger partial charge is 0.126 e. The molecule has 0 fully saturated rings. The molecule has 16 heavy (non-hydrogen) atoms. The summed E-state index contributed by atoms with van der Waals surface area (Å²) < 4.78 is 5.92. The first-order valence-electron chi connectivity index (χ1n) is 5.34. The molecule has 0 saturated carbocycles. The van der Waals surface area contributed by atoms with Gasteiger partial charge in [-0.3, -0.25) is 0 Å². The Kier molecular flexibility index (Phi) is 3.10. The summed E-state index contributed by atoms with van der Waals surface area (Å²) in [4.78, 5) is 4.60. The van der Waals surface area contributed by atoms with Crippen molar-refractivity contribution in [2.24, 2.45) is 5.90 Å². The number of hydrogen-bond donors (Lipinski definition) is 1. The summed E-state index contributed by atoms with van der Waals surface area (Å²) in [5, 5.41) is 0.743. The molecule has 0 aromatic heterocycles. The highest BCUT2D eigenvalue weighted by Crippen LogP contribution is 2.39. The van der Waals surface area contributed by atoms with Gasteiger partial charge in [0.2, 0.25) is 0 Å². The fraction of sp³-hybridized carbons (Fsp3) is 0.500. The van der Waals surface area contributed by atoms with E-state index in [9.17, 15) is 0 Å². The second-order valence-corrected chi connectivity index (χ2v) is 5.15. The molecule has 2 N–H and O–H groups in total. The van der Waals surface area contributed by atoms with Crippen LogP contribution in [-0.4, -0.2) is 12.2 Å². The van der Waals surface area contributed by atoms with Gasteiger partial charge in [0, 0.05) is 17.9 Å². The largest absolute Gasteiger partial charge is 0.487 e. The van der Waals surface area contributed by atoms with Gasteiger partial charge in [-0.1, -0.05) is 11.6 Å². The van der Waals surface area contributed by atoms with E-state index in [-0.39, 0.29) is 5.60 Å². The van der Waals surface area contributed by atoms with Crippen molar-refractivity contribution in [1.29, 1.82) is 0 Å². The molecule has 0 bridgehead atoms. The van der Waals surface area contributed by atoms with Crippen LogP contribution in [0.2, 0.25) is 5.02 Å². The highest BCUT2D eigenvalue weighted by atomic mass is 35.5. The average Bonchev–Trinajstić information content (AvgIpc) is 2.48. The lowest BCUT2D eigenvalue weighted by Crippen LogP contribution is -2.25. The molecule has 3 nitrogen and oxygen atoms in total. The summed E-state index contributed by atoms with van der Waals surface area (Å²) in [6.07, 6.45) is 1.61. The number of nitrogens with two attached hydrogens (primary N) is 1. The van der Waals surface area contributed by atoms with Crippen LogP contribution in [0, 0.1) is 0 Å². The van der Waals surface area contributed by atoms with Crippen LogP contribution in [0.15, 0.2) is 12.1 Å². The Morgan fingerprint density at radius 3 is 2.94 bits per heavy atom. The number of ether oxygens (including phenoxy) is 1. The molecule has 0 saturated heterocycles. The van der Waals surface area contributed by atoms with Gasteiger partial charge in [0.05, 0.1) is 6.61 Å². The third-order valence-corrected chi connectivity index (χ3v) is 2.91. The number of fused-ring (bicyclic) bond motifs is 1. The minimum Gasteiger partial charge on any atom is -0.487 e. The van der Waals surface area contributed by atoms with Crippen LogP contribution in [-0.2, 0) is 17.7 Å². The van der Waals surface area contributed by atoms with Crippen LogP contribution >= 0.6 is 11.6 Å². The van der Waals surface area contributed by atoms with Crippen molar-refractivity contribution in [2.45, 2.75) is 32.3 Å². The quantitative estimate of drug-likeness (QED) is 0.827. The maximum atomic E-state index is 6.07. The molecule has 1 aromatic rings. The monoisotopic (exact) mass is 241 g/mol. The standard InChI is InChI=1S/C12H16ClNO2/c1-12(2)7-9-6-10(13)5-8(3-4-15-14)11(9)16-12/h5-6H,3-4,7,14H2,1-2H3. The topological polar surface area (TPSA) is 44.5 Å². The fourth-order valence-corrected chi connectivity index (χ4v) is 2.36. The van der Waals surface area contributed by atoms with Gasteiger partial charge in [0.1, 0.15) is 11.4 Å². The molecule has 0 aliphatic carbocycles. The SMILES string of the molecule is CC1(C)Cc2cc(Cl)cc(CCON)c2O1. The van der Waals surface area contributed by atoms with Crippen LogP contribution in [0.3, 0.4) is 0 Å². The van der Waals surface area contributed by atoms with E-state index in [1.54, 1.807) is 0 Å². The molecule has 0 amide bonds. The first kappa shape index (κ1) is 11.7. The first-order valence-corrected chi connectivity index (χ1v) is 5.71. The summed E-state index contributed by atoms with van der Waals surface area (Å²) >= 11 is 6.07. The second-order valence-electron chi connectivity index (χ2n) is 4.71. The molecule has 88 valence electrons. The van der Waals surface area contributed by atoms with Gasteiger partial charge in [-0.2, -0.15) is 0 Å². The zero-order valence-corrected chi connectivity index (χ0v) is 10.3. The lowest BCUT2D eigenvalue weighted by Gasteiger charge is -2.18. The van der Waals surface area contributed by atoms with E-state index < -0.39 is 0 Å². The summed E-state index contributed by atoms with van der Waals surface area (Å²) in [6.45, 7) is 4.62. The number of hydrogen-bond acceptors (Lipinski definition) is 3. The number of rotatable bonds is 3. The van der Waals surface area contributed by atoms with E-state index in [1.807, 2.05) is 12.1 Å². The molecule has 0 unspecified atom stereocenters. The lowest BCUT2D eigenvalue weighted by atomic mass is 10.00. The van der Waals surface area contributed by atoms with Gasteiger partial charge >= 0.3 is 0 Å². The maximum absolute atomic E-state index is 6.07. The summed E-state index contributed by atoms with van der Waals surface area (Å²) in [7, 11) is 0. The van der Waals surface area contributed by atoms with Crippen molar-refractivity contribution in [2.75, 3.05) is 6.61 Å². The molecule has 4 heteroatoms. The fourth-order valence-electron chi connectivity index (χ4n) is 2.10. The molecular weight excluding hydrogens is 226 g/mol. The Bertz CT molecular complexity index is 404. The van der Waals surface area contributed by atoms with Crippen molar-refractivity contribution in [3.63, 3.8) is 0 Å². The molecule has 0 spiro atoms. The first-order chi connectivity index (χ1) is 7.52. The molecule has 0 atom stereocenters. The van der Waals surface area contributed by atoms with Crippen molar-refractivity contribution in [3.05, 3.63) is 28.3 Å². The molecule has 1 aromatic carbocycles. The number of halogens is 1. The van der Waals surface area contributed by atoms with E-state index in [0.717, 1.165) is 29.2 Å². The van der Waals surface area contributed by atoms with Crippen molar-refractivity contribution < 1.29 is 9.57 Å². The van der Waals surface area contributed by atoms with Gasteiger partial charge in [-0.15, -0.1) is 0 Å². The third-order valence-electron chi connectivity index (χ3n) is 2.69. The van der Waals surface area contributed by atoms with Crippen LogP contribution in [0.25, 0.3) is 0 Å². The van der Waals surface area contributed by atoms with Gasteiger partial charge in [0.25, 0.3) is 0 Å². The summed E-state index contributed by atoms with van der Waals surface area (Å²) in [6, 6.07) is 3.89. The average molecular weight is 242 g/mol. The minimum atomic E-state index is -0.147. The predicted octanol–water partition coefficient (Wildman–Crippen LogP) is 2.49. The van der Waals surface area contributed by atoms with E-state index in [1.165, 1.54) is 5.56 Å². The Morgan fingerprint density at radius 2 is 2.25 bits per heavy atom. The second kappa shape index (κ2) is 4.24. The Hall–Kier alpha value is -0.770. The zero-order chi connectivity index (χ0) is 11.8. The Balaban J connectivity index is 2.33. The Morgan fingerprint density at radius 1 is 1.50 bits per heavy atom. The summed E-state index contributed by atoms with van der Waals surface area (Å²) in [5.74, 6) is 5.99. The van der Waals surface area contributed by atoms with Gasteiger partial charge in [-0.05, 0) is 37.1 Å². The van der Waals surface area contributed by atoms with E-state index in [4.69, 9.17) is 22.2 Å². The minimum absolute atomic E-state index is 0.147. The molecular formula is C12H16ClNO2. The van der Waals surface area contributed by atoms with Crippen molar-refractivity contribution in [3.8, 4) is 5.75 Å². The lowest BCUT2D eigenvalue weighted by molar-refractivity contribution is 0.129.